The number of phenols is 1. The molecule has 0 saturated heterocycles. The molecule has 0 atom stereocenters. The summed E-state index contributed by atoms with van der Waals surface area (Å²) in [7, 11) is 1.47. The van der Waals surface area contributed by atoms with Crippen LogP contribution in [0.1, 0.15) is 21.5 Å². The molecule has 0 aromatic heterocycles. The van der Waals surface area contributed by atoms with Gasteiger partial charge in [-0.1, -0.05) is 23.7 Å². The molecule has 0 radical (unpaired) electrons. The summed E-state index contributed by atoms with van der Waals surface area (Å²) < 4.78 is 10.7. The molecule has 148 valence electrons. The second-order valence-electron chi connectivity index (χ2n) is 6.07. The Morgan fingerprint density at radius 2 is 1.83 bits per heavy atom. The maximum atomic E-state index is 12.2. The van der Waals surface area contributed by atoms with Crippen molar-refractivity contribution in [2.45, 2.75) is 6.61 Å². The van der Waals surface area contributed by atoms with Gasteiger partial charge in [0.15, 0.2) is 11.5 Å². The number of nitrogens with one attached hydrogen (secondary N) is 1. The minimum absolute atomic E-state index is 0.000755. The van der Waals surface area contributed by atoms with E-state index in [0.717, 1.165) is 11.3 Å². The van der Waals surface area contributed by atoms with Gasteiger partial charge in [-0.25, -0.2) is 5.43 Å². The van der Waals surface area contributed by atoms with Crippen molar-refractivity contribution >= 4 is 23.7 Å². The van der Waals surface area contributed by atoms with E-state index in [9.17, 15) is 9.90 Å². The van der Waals surface area contributed by atoms with E-state index in [4.69, 9.17) is 21.1 Å². The molecule has 3 rings (SSSR count). The minimum Gasteiger partial charge on any atom is -0.504 e. The zero-order chi connectivity index (χ0) is 20.6. The summed E-state index contributed by atoms with van der Waals surface area (Å²) in [6.07, 6.45) is 1.44. The summed E-state index contributed by atoms with van der Waals surface area (Å²) in [5.74, 6) is 0.741. The highest BCUT2D eigenvalue weighted by Gasteiger charge is 2.05. The van der Waals surface area contributed by atoms with Crippen molar-refractivity contribution in [3.63, 3.8) is 0 Å². The van der Waals surface area contributed by atoms with Crippen LogP contribution in [0.2, 0.25) is 5.02 Å². The second-order valence-corrected chi connectivity index (χ2v) is 6.51. The zero-order valence-electron chi connectivity index (χ0n) is 15.6. The van der Waals surface area contributed by atoms with Gasteiger partial charge in [0.05, 0.1) is 13.3 Å². The fourth-order valence-corrected chi connectivity index (χ4v) is 2.59. The van der Waals surface area contributed by atoms with Crippen LogP contribution in [0.3, 0.4) is 0 Å². The second kappa shape index (κ2) is 9.61. The van der Waals surface area contributed by atoms with Crippen LogP contribution in [0.25, 0.3) is 0 Å². The summed E-state index contributed by atoms with van der Waals surface area (Å²) in [4.78, 5) is 12.2. The fourth-order valence-electron chi connectivity index (χ4n) is 2.47. The van der Waals surface area contributed by atoms with Crippen molar-refractivity contribution in [1.29, 1.82) is 0 Å². The maximum Gasteiger partial charge on any atom is 0.271 e. The Balaban J connectivity index is 1.53. The first-order valence-corrected chi connectivity index (χ1v) is 9.10. The van der Waals surface area contributed by atoms with E-state index in [2.05, 4.69) is 10.5 Å². The molecule has 0 aliphatic carbocycles. The lowest BCUT2D eigenvalue weighted by atomic mass is 10.1. The molecule has 0 aliphatic rings. The Morgan fingerprint density at radius 1 is 1.10 bits per heavy atom. The molecule has 0 fully saturated rings. The van der Waals surface area contributed by atoms with Crippen LogP contribution in [0.4, 0.5) is 0 Å². The average Bonchev–Trinajstić information content (AvgIpc) is 2.74. The van der Waals surface area contributed by atoms with E-state index in [1.807, 2.05) is 12.1 Å². The first-order chi connectivity index (χ1) is 14.0. The number of nitrogens with zero attached hydrogens (tertiary/aromatic N) is 1. The molecule has 0 unspecified atom stereocenters. The number of rotatable bonds is 7. The third kappa shape index (κ3) is 5.73. The van der Waals surface area contributed by atoms with Gasteiger partial charge < -0.3 is 14.6 Å². The SMILES string of the molecule is COc1ccc(/C=N/NC(=O)c2ccc(COc3ccc(Cl)cc3)cc2)cc1O. The molecule has 2 N–H and O–H groups in total. The number of ether oxygens (including phenoxy) is 2. The Bertz CT molecular complexity index is 1000. The Labute approximate surface area is 173 Å². The van der Waals surface area contributed by atoms with Gasteiger partial charge >= 0.3 is 0 Å². The van der Waals surface area contributed by atoms with Gasteiger partial charge in [0.2, 0.25) is 0 Å². The van der Waals surface area contributed by atoms with Gasteiger partial charge in [-0.15, -0.1) is 0 Å². The molecule has 3 aromatic carbocycles. The van der Waals surface area contributed by atoms with Crippen LogP contribution in [0.15, 0.2) is 71.8 Å². The van der Waals surface area contributed by atoms with Crippen molar-refractivity contribution in [3.05, 3.63) is 88.4 Å². The van der Waals surface area contributed by atoms with E-state index in [0.29, 0.717) is 28.5 Å². The van der Waals surface area contributed by atoms with Gasteiger partial charge in [-0.05, 0) is 65.7 Å². The molecule has 3 aromatic rings. The van der Waals surface area contributed by atoms with E-state index >= 15 is 0 Å². The fraction of sp³-hybridized carbons (Fsp3) is 0.0909. The van der Waals surface area contributed by atoms with Gasteiger partial charge in [0.25, 0.3) is 5.91 Å². The van der Waals surface area contributed by atoms with E-state index in [1.54, 1.807) is 48.5 Å². The Morgan fingerprint density at radius 3 is 2.48 bits per heavy atom. The molecule has 0 bridgehead atoms. The summed E-state index contributed by atoms with van der Waals surface area (Å²) in [5, 5.41) is 14.3. The van der Waals surface area contributed by atoms with Gasteiger partial charge in [0.1, 0.15) is 12.4 Å². The summed E-state index contributed by atoms with van der Waals surface area (Å²) in [6, 6.07) is 19.0. The van der Waals surface area contributed by atoms with Crippen molar-refractivity contribution in [2.75, 3.05) is 7.11 Å². The van der Waals surface area contributed by atoms with Crippen LogP contribution >= 0.6 is 11.6 Å². The number of hydrogen-bond donors (Lipinski definition) is 2. The molecule has 0 spiro atoms. The van der Waals surface area contributed by atoms with Crippen LogP contribution in [0.5, 0.6) is 17.2 Å². The Hall–Kier alpha value is -3.51. The zero-order valence-corrected chi connectivity index (χ0v) is 16.4. The quantitative estimate of drug-likeness (QED) is 0.447. The number of halogens is 1. The largest absolute Gasteiger partial charge is 0.504 e. The minimum atomic E-state index is -0.343. The topological polar surface area (TPSA) is 80.2 Å². The number of amides is 1. The average molecular weight is 411 g/mol. The number of aromatic hydroxyl groups is 1. The van der Waals surface area contributed by atoms with Crippen LogP contribution in [-0.2, 0) is 6.61 Å². The first kappa shape index (κ1) is 20.2. The summed E-state index contributed by atoms with van der Waals surface area (Å²) in [5.41, 5.74) is 4.47. The molecule has 1 amide bonds. The summed E-state index contributed by atoms with van der Waals surface area (Å²) >= 11 is 5.85. The normalized spacial score (nSPS) is 10.7. The van der Waals surface area contributed by atoms with Gasteiger partial charge in [-0.3, -0.25) is 4.79 Å². The van der Waals surface area contributed by atoms with Crippen molar-refractivity contribution < 1.29 is 19.4 Å². The molecular formula is C22H19ClN2O4. The Kier molecular flexibility index (Phi) is 6.71. The molecule has 6 nitrogen and oxygen atoms in total. The van der Waals surface area contributed by atoms with Crippen molar-refractivity contribution in [3.8, 4) is 17.2 Å². The number of hydrogen-bond acceptors (Lipinski definition) is 5. The van der Waals surface area contributed by atoms with Crippen molar-refractivity contribution in [2.24, 2.45) is 5.10 Å². The van der Waals surface area contributed by atoms with E-state index < -0.39 is 0 Å². The highest BCUT2D eigenvalue weighted by molar-refractivity contribution is 6.30. The molecule has 7 heteroatoms. The van der Waals surface area contributed by atoms with Crippen LogP contribution < -0.4 is 14.9 Å². The van der Waals surface area contributed by atoms with E-state index in [-0.39, 0.29) is 11.7 Å². The number of phenolic OH excluding ortho intramolecular Hbond substituents is 1. The van der Waals surface area contributed by atoms with Crippen LogP contribution in [0, 0.1) is 0 Å². The monoisotopic (exact) mass is 410 g/mol. The number of hydrazone groups is 1. The van der Waals surface area contributed by atoms with Gasteiger partial charge in [0, 0.05) is 10.6 Å². The predicted molar refractivity (Wildman–Crippen MR) is 112 cm³/mol. The maximum absolute atomic E-state index is 12.2. The first-order valence-electron chi connectivity index (χ1n) is 8.73. The molecule has 0 aliphatic heterocycles. The highest BCUT2D eigenvalue weighted by atomic mass is 35.5. The molecule has 29 heavy (non-hydrogen) atoms. The lowest BCUT2D eigenvalue weighted by molar-refractivity contribution is 0.0955. The third-order valence-corrected chi connectivity index (χ3v) is 4.27. The van der Waals surface area contributed by atoms with E-state index in [1.165, 1.54) is 19.4 Å². The number of methoxy groups -OCH3 is 1. The number of carbonyl (C=O) groups excluding carboxylic acids is 1. The third-order valence-electron chi connectivity index (χ3n) is 4.02. The standard InChI is InChI=1S/C22H19ClN2O4/c1-28-21-11-4-16(12-20(21)26)13-24-25-22(27)17-5-2-15(3-6-17)14-29-19-9-7-18(23)8-10-19/h2-13,26H,14H2,1H3,(H,25,27)/b24-13+. The van der Waals surface area contributed by atoms with Crippen LogP contribution in [-0.4, -0.2) is 24.3 Å². The van der Waals surface area contributed by atoms with Gasteiger partial charge in [-0.2, -0.15) is 5.10 Å². The molecular weight excluding hydrogens is 392 g/mol. The molecule has 0 saturated carbocycles. The highest BCUT2D eigenvalue weighted by Crippen LogP contribution is 2.25. The molecule has 0 heterocycles. The summed E-state index contributed by atoms with van der Waals surface area (Å²) in [6.45, 7) is 0.378. The number of carbonyl (C=O) groups is 1. The number of benzene rings is 3. The lowest BCUT2D eigenvalue weighted by Gasteiger charge is -2.07. The predicted octanol–water partition coefficient (Wildman–Crippen LogP) is 4.40. The lowest BCUT2D eigenvalue weighted by Crippen LogP contribution is -2.17. The van der Waals surface area contributed by atoms with Crippen molar-refractivity contribution in [1.82, 2.24) is 5.43 Å². The smallest absolute Gasteiger partial charge is 0.271 e.